The minimum Gasteiger partial charge on any atom is -0.301 e. The fraction of sp³-hybridized carbons (Fsp3) is 0.286. The molecule has 0 aliphatic heterocycles. The fourth-order valence-corrected chi connectivity index (χ4v) is 2.25. The van der Waals surface area contributed by atoms with Crippen LogP contribution in [0.25, 0.3) is 11.3 Å². The van der Waals surface area contributed by atoms with Crippen molar-refractivity contribution in [1.82, 2.24) is 9.78 Å². The van der Waals surface area contributed by atoms with Crippen LogP contribution in [-0.2, 0) is 10.3 Å². The van der Waals surface area contributed by atoms with Crippen molar-refractivity contribution < 1.29 is 9.18 Å². The van der Waals surface area contributed by atoms with Crippen LogP contribution in [-0.4, -0.2) is 22.3 Å². The van der Waals surface area contributed by atoms with Gasteiger partial charge in [-0.1, -0.05) is 12.1 Å². The summed E-state index contributed by atoms with van der Waals surface area (Å²) in [7, 11) is 0. The molecular weight excluding hydrogens is 263 g/mol. The summed E-state index contributed by atoms with van der Waals surface area (Å²) in [4.78, 5) is 11.9. The summed E-state index contributed by atoms with van der Waals surface area (Å²) in [6, 6.07) is 6.51. The number of thioether (sulfide) groups is 1. The summed E-state index contributed by atoms with van der Waals surface area (Å²) in [5.41, 5.74) is 0.279. The van der Waals surface area contributed by atoms with E-state index in [4.69, 9.17) is 0 Å². The molecule has 2 rings (SSSR count). The Morgan fingerprint density at radius 1 is 1.37 bits per heavy atom. The lowest BCUT2D eigenvalue weighted by Gasteiger charge is -2.17. The molecule has 0 aliphatic carbocycles. The normalized spacial score (nSPS) is 11.6. The van der Waals surface area contributed by atoms with Crippen LogP contribution < -0.4 is 0 Å². The number of rotatable bonds is 4. The van der Waals surface area contributed by atoms with Gasteiger partial charge in [-0.05, 0) is 32.2 Å². The van der Waals surface area contributed by atoms with E-state index in [0.29, 0.717) is 11.3 Å². The van der Waals surface area contributed by atoms with Gasteiger partial charge in [-0.15, -0.1) is 11.8 Å². The topological polar surface area (TPSA) is 34.9 Å². The maximum Gasteiger partial charge on any atom is 0.147 e. The van der Waals surface area contributed by atoms with E-state index >= 15 is 0 Å². The first-order valence-corrected chi connectivity index (χ1v) is 7.07. The molecule has 1 aromatic carbocycles. The largest absolute Gasteiger partial charge is 0.301 e. The molecule has 0 saturated heterocycles. The number of hydrogen-bond acceptors (Lipinski definition) is 3. The quantitative estimate of drug-likeness (QED) is 0.635. The first-order chi connectivity index (χ1) is 8.99. The maximum absolute atomic E-state index is 13.9. The van der Waals surface area contributed by atoms with Gasteiger partial charge in [-0.25, -0.2) is 4.39 Å². The Morgan fingerprint density at radius 2 is 2.05 bits per heavy atom. The molecule has 19 heavy (non-hydrogen) atoms. The van der Waals surface area contributed by atoms with Crippen molar-refractivity contribution in [1.29, 1.82) is 0 Å². The highest BCUT2D eigenvalue weighted by Gasteiger charge is 2.23. The maximum atomic E-state index is 13.9. The first-order valence-electron chi connectivity index (χ1n) is 5.85. The van der Waals surface area contributed by atoms with Crippen molar-refractivity contribution in [2.45, 2.75) is 24.3 Å². The average Bonchev–Trinajstić information content (AvgIpc) is 2.84. The molecule has 1 heterocycles. The van der Waals surface area contributed by atoms with Gasteiger partial charge in [0, 0.05) is 11.8 Å². The molecule has 0 spiro atoms. The Labute approximate surface area is 115 Å². The van der Waals surface area contributed by atoms with Crippen molar-refractivity contribution in [2.24, 2.45) is 0 Å². The van der Waals surface area contributed by atoms with E-state index < -0.39 is 5.54 Å². The smallest absolute Gasteiger partial charge is 0.147 e. The minimum atomic E-state index is -0.742. The second-order valence-corrected chi connectivity index (χ2v) is 5.59. The molecule has 0 atom stereocenters. The molecule has 0 fully saturated rings. The van der Waals surface area contributed by atoms with E-state index in [1.165, 1.54) is 17.8 Å². The number of carbonyl (C=O) groups is 1. The van der Waals surface area contributed by atoms with Crippen molar-refractivity contribution >= 4 is 18.0 Å². The summed E-state index contributed by atoms with van der Waals surface area (Å²) in [5, 5.41) is 4.38. The van der Waals surface area contributed by atoms with E-state index in [1.54, 1.807) is 42.9 Å². The van der Waals surface area contributed by atoms with E-state index in [2.05, 4.69) is 5.10 Å². The van der Waals surface area contributed by atoms with Crippen molar-refractivity contribution in [3.8, 4) is 11.3 Å². The molecule has 0 amide bonds. The Kier molecular flexibility index (Phi) is 3.75. The third kappa shape index (κ3) is 2.56. The van der Waals surface area contributed by atoms with Crippen LogP contribution in [0.1, 0.15) is 13.8 Å². The van der Waals surface area contributed by atoms with Gasteiger partial charge in [0.05, 0.1) is 4.90 Å². The molecular formula is C14H15FN2OS. The molecule has 5 heteroatoms. The predicted molar refractivity (Wildman–Crippen MR) is 74.8 cm³/mol. The lowest BCUT2D eigenvalue weighted by molar-refractivity contribution is -0.114. The monoisotopic (exact) mass is 278 g/mol. The Morgan fingerprint density at radius 3 is 2.63 bits per heavy atom. The van der Waals surface area contributed by atoms with Gasteiger partial charge in [0.25, 0.3) is 0 Å². The van der Waals surface area contributed by atoms with Gasteiger partial charge in [0.1, 0.15) is 23.3 Å². The Bertz CT molecular complexity index is 607. The minimum absolute atomic E-state index is 0.313. The third-order valence-electron chi connectivity index (χ3n) is 2.91. The van der Waals surface area contributed by atoms with Crippen LogP contribution in [0.3, 0.4) is 0 Å². The molecule has 0 unspecified atom stereocenters. The van der Waals surface area contributed by atoms with Crippen LogP contribution in [0.4, 0.5) is 4.39 Å². The van der Waals surface area contributed by atoms with Gasteiger partial charge in [-0.2, -0.15) is 5.10 Å². The predicted octanol–water partition coefficient (Wildman–Crippen LogP) is 3.35. The summed E-state index contributed by atoms with van der Waals surface area (Å²) in [6.45, 7) is 3.53. The second kappa shape index (κ2) is 5.17. The fourth-order valence-electron chi connectivity index (χ4n) is 1.70. The number of aromatic nitrogens is 2. The number of benzene rings is 1. The second-order valence-electron chi connectivity index (χ2n) is 4.74. The Hall–Kier alpha value is -1.62. The zero-order chi connectivity index (χ0) is 14.0. The molecule has 0 radical (unpaired) electrons. The van der Waals surface area contributed by atoms with Crippen LogP contribution in [0.15, 0.2) is 35.4 Å². The third-order valence-corrected chi connectivity index (χ3v) is 3.65. The molecule has 3 nitrogen and oxygen atoms in total. The molecule has 2 aromatic rings. The zero-order valence-electron chi connectivity index (χ0n) is 11.1. The van der Waals surface area contributed by atoms with E-state index in [0.717, 1.165) is 11.2 Å². The standard InChI is InChI=1S/C14H15FN2OS/c1-14(2,9-18)17-8-12(19-3)13(16-17)10-6-4-5-7-11(10)15/h4-9H,1-3H3. The van der Waals surface area contributed by atoms with Gasteiger partial charge in [0.2, 0.25) is 0 Å². The number of nitrogens with zero attached hydrogens (tertiary/aromatic N) is 2. The first kappa shape index (κ1) is 13.8. The van der Waals surface area contributed by atoms with Crippen molar-refractivity contribution in [3.05, 3.63) is 36.3 Å². The van der Waals surface area contributed by atoms with Gasteiger partial charge in [0.15, 0.2) is 0 Å². The Balaban J connectivity index is 2.59. The van der Waals surface area contributed by atoms with Crippen molar-refractivity contribution in [2.75, 3.05) is 6.26 Å². The highest BCUT2D eigenvalue weighted by atomic mass is 32.2. The molecule has 0 N–H and O–H groups in total. The average molecular weight is 278 g/mol. The van der Waals surface area contributed by atoms with Gasteiger partial charge < -0.3 is 4.79 Å². The van der Waals surface area contributed by atoms with Crippen LogP contribution in [0.2, 0.25) is 0 Å². The molecule has 0 aliphatic rings. The number of carbonyl (C=O) groups excluding carboxylic acids is 1. The van der Waals surface area contributed by atoms with E-state index in [9.17, 15) is 9.18 Å². The number of hydrogen-bond donors (Lipinski definition) is 0. The summed E-state index contributed by atoms with van der Waals surface area (Å²) in [5.74, 6) is -0.313. The molecule has 100 valence electrons. The molecule has 1 aromatic heterocycles. The summed E-state index contributed by atoms with van der Waals surface area (Å²) < 4.78 is 15.4. The number of halogens is 1. The van der Waals surface area contributed by atoms with Crippen LogP contribution >= 0.6 is 11.8 Å². The summed E-state index contributed by atoms with van der Waals surface area (Å²) in [6.07, 6.45) is 4.51. The van der Waals surface area contributed by atoms with E-state index in [-0.39, 0.29) is 5.82 Å². The lowest BCUT2D eigenvalue weighted by atomic mass is 10.1. The highest BCUT2D eigenvalue weighted by molar-refractivity contribution is 7.98. The van der Waals surface area contributed by atoms with Gasteiger partial charge >= 0.3 is 0 Å². The lowest BCUT2D eigenvalue weighted by Crippen LogP contribution is -2.28. The van der Waals surface area contributed by atoms with Gasteiger partial charge in [-0.3, -0.25) is 4.68 Å². The number of aldehydes is 1. The molecule has 0 saturated carbocycles. The van der Waals surface area contributed by atoms with Crippen molar-refractivity contribution in [3.63, 3.8) is 0 Å². The van der Waals surface area contributed by atoms with Crippen LogP contribution in [0.5, 0.6) is 0 Å². The summed E-state index contributed by atoms with van der Waals surface area (Å²) >= 11 is 1.48. The SMILES string of the molecule is CSc1cn(C(C)(C)C=O)nc1-c1ccccc1F. The van der Waals surface area contributed by atoms with E-state index in [1.807, 2.05) is 6.26 Å². The van der Waals surface area contributed by atoms with Crippen LogP contribution in [0, 0.1) is 5.82 Å². The molecule has 0 bridgehead atoms. The highest BCUT2D eigenvalue weighted by Crippen LogP contribution is 2.32. The zero-order valence-corrected chi connectivity index (χ0v) is 11.9.